The zero-order valence-electron chi connectivity index (χ0n) is 14.4. The summed E-state index contributed by atoms with van der Waals surface area (Å²) in [6, 6.07) is 14.0. The van der Waals surface area contributed by atoms with Crippen LogP contribution in [0.25, 0.3) is 5.69 Å². The number of benzene rings is 2. The highest BCUT2D eigenvalue weighted by Gasteiger charge is 2.14. The molecule has 3 aromatic rings. The fourth-order valence-electron chi connectivity index (χ4n) is 2.54. The van der Waals surface area contributed by atoms with Crippen LogP contribution < -0.4 is 15.4 Å². The first-order valence-electron chi connectivity index (χ1n) is 7.94. The smallest absolute Gasteiger partial charge is 0.257 e. The van der Waals surface area contributed by atoms with Crippen molar-refractivity contribution in [1.29, 1.82) is 0 Å². The molecule has 3 rings (SSSR count). The van der Waals surface area contributed by atoms with Crippen molar-refractivity contribution < 1.29 is 14.3 Å². The second kappa shape index (κ2) is 7.52. The molecule has 0 saturated carbocycles. The molecule has 2 N–H and O–H groups in total. The SMILES string of the molecule is COc1cc(NC(=O)c2ccccc2-n2cccn2)ccc1NC(C)=O. The molecule has 2 amide bonds. The average Bonchev–Trinajstić information content (AvgIpc) is 3.17. The predicted octanol–water partition coefficient (Wildman–Crippen LogP) is 3.09. The van der Waals surface area contributed by atoms with Gasteiger partial charge in [0.2, 0.25) is 5.91 Å². The van der Waals surface area contributed by atoms with E-state index in [1.54, 1.807) is 53.5 Å². The third-order valence-electron chi connectivity index (χ3n) is 3.67. The van der Waals surface area contributed by atoms with Crippen molar-refractivity contribution in [2.24, 2.45) is 0 Å². The van der Waals surface area contributed by atoms with Gasteiger partial charge in [-0.3, -0.25) is 9.59 Å². The van der Waals surface area contributed by atoms with Gasteiger partial charge in [0.25, 0.3) is 5.91 Å². The van der Waals surface area contributed by atoms with E-state index in [-0.39, 0.29) is 11.8 Å². The van der Waals surface area contributed by atoms with Crippen LogP contribution in [0.4, 0.5) is 11.4 Å². The van der Waals surface area contributed by atoms with Gasteiger partial charge in [0.15, 0.2) is 0 Å². The highest BCUT2D eigenvalue weighted by atomic mass is 16.5. The van der Waals surface area contributed by atoms with Crippen LogP contribution in [0.2, 0.25) is 0 Å². The Hall–Kier alpha value is -3.61. The minimum absolute atomic E-state index is 0.201. The van der Waals surface area contributed by atoms with E-state index in [4.69, 9.17) is 4.74 Å². The van der Waals surface area contributed by atoms with Crippen LogP contribution in [0.5, 0.6) is 5.75 Å². The number of amides is 2. The molecular formula is C19H18N4O3. The number of hydrogen-bond donors (Lipinski definition) is 2. The molecule has 7 heteroatoms. The highest BCUT2D eigenvalue weighted by Crippen LogP contribution is 2.28. The topological polar surface area (TPSA) is 85.2 Å². The molecule has 1 aromatic heterocycles. The van der Waals surface area contributed by atoms with E-state index in [0.717, 1.165) is 0 Å². The second-order valence-electron chi connectivity index (χ2n) is 5.52. The number of nitrogens with one attached hydrogen (secondary N) is 2. The lowest BCUT2D eigenvalue weighted by Crippen LogP contribution is -2.15. The van der Waals surface area contributed by atoms with Crippen LogP contribution >= 0.6 is 0 Å². The number of rotatable bonds is 5. The molecule has 1 heterocycles. The third-order valence-corrected chi connectivity index (χ3v) is 3.67. The molecule has 7 nitrogen and oxygen atoms in total. The van der Waals surface area contributed by atoms with Gasteiger partial charge in [0, 0.05) is 31.1 Å². The van der Waals surface area contributed by atoms with Gasteiger partial charge in [-0.25, -0.2) is 4.68 Å². The Labute approximate surface area is 150 Å². The molecule has 0 aliphatic rings. The molecule has 0 fully saturated rings. The van der Waals surface area contributed by atoms with Crippen LogP contribution in [0, 0.1) is 0 Å². The maximum atomic E-state index is 12.7. The molecule has 0 bridgehead atoms. The molecule has 0 aliphatic heterocycles. The molecule has 0 spiro atoms. The first-order chi connectivity index (χ1) is 12.6. The van der Waals surface area contributed by atoms with Crippen molar-refractivity contribution in [2.45, 2.75) is 6.92 Å². The van der Waals surface area contributed by atoms with Crippen LogP contribution in [0.15, 0.2) is 60.9 Å². The van der Waals surface area contributed by atoms with Crippen molar-refractivity contribution >= 4 is 23.2 Å². The summed E-state index contributed by atoms with van der Waals surface area (Å²) in [5, 5.41) is 9.70. The maximum Gasteiger partial charge on any atom is 0.257 e. The van der Waals surface area contributed by atoms with Crippen molar-refractivity contribution in [2.75, 3.05) is 17.7 Å². The monoisotopic (exact) mass is 350 g/mol. The van der Waals surface area contributed by atoms with Crippen LogP contribution in [-0.4, -0.2) is 28.7 Å². The fourth-order valence-corrected chi connectivity index (χ4v) is 2.54. The Bertz CT molecular complexity index is 936. The van der Waals surface area contributed by atoms with Gasteiger partial charge in [-0.1, -0.05) is 12.1 Å². The van der Waals surface area contributed by atoms with Gasteiger partial charge in [0.1, 0.15) is 5.75 Å². The zero-order chi connectivity index (χ0) is 18.5. The van der Waals surface area contributed by atoms with Crippen LogP contribution in [-0.2, 0) is 4.79 Å². The largest absolute Gasteiger partial charge is 0.494 e. The van der Waals surface area contributed by atoms with Gasteiger partial charge in [0.05, 0.1) is 24.0 Å². The van der Waals surface area contributed by atoms with Gasteiger partial charge >= 0.3 is 0 Å². The number of methoxy groups -OCH3 is 1. The van der Waals surface area contributed by atoms with E-state index in [9.17, 15) is 9.59 Å². The summed E-state index contributed by atoms with van der Waals surface area (Å²) in [7, 11) is 1.50. The lowest BCUT2D eigenvalue weighted by atomic mass is 10.1. The van der Waals surface area contributed by atoms with Gasteiger partial charge in [-0.05, 0) is 30.3 Å². The first kappa shape index (κ1) is 17.2. The lowest BCUT2D eigenvalue weighted by molar-refractivity contribution is -0.114. The number of aromatic nitrogens is 2. The predicted molar refractivity (Wildman–Crippen MR) is 98.8 cm³/mol. The van der Waals surface area contributed by atoms with Gasteiger partial charge in [-0.15, -0.1) is 0 Å². The summed E-state index contributed by atoms with van der Waals surface area (Å²) in [4.78, 5) is 24.0. The maximum absolute atomic E-state index is 12.7. The Balaban J connectivity index is 1.86. The van der Waals surface area contributed by atoms with Crippen molar-refractivity contribution in [1.82, 2.24) is 9.78 Å². The van der Waals surface area contributed by atoms with Gasteiger partial charge in [-0.2, -0.15) is 5.10 Å². The average molecular weight is 350 g/mol. The minimum Gasteiger partial charge on any atom is -0.494 e. The molecule has 26 heavy (non-hydrogen) atoms. The van der Waals surface area contributed by atoms with Crippen LogP contribution in [0.3, 0.4) is 0 Å². The summed E-state index contributed by atoms with van der Waals surface area (Å²) < 4.78 is 6.91. The number of hydrogen-bond acceptors (Lipinski definition) is 4. The quantitative estimate of drug-likeness (QED) is 0.740. The molecule has 0 radical (unpaired) electrons. The number of ether oxygens (including phenoxy) is 1. The van der Waals surface area contributed by atoms with Crippen molar-refractivity contribution in [3.63, 3.8) is 0 Å². The van der Waals surface area contributed by atoms with E-state index in [1.165, 1.54) is 14.0 Å². The summed E-state index contributed by atoms with van der Waals surface area (Å²) in [6.45, 7) is 1.42. The summed E-state index contributed by atoms with van der Waals surface area (Å²) in [5.41, 5.74) is 2.25. The Morgan fingerprint density at radius 1 is 1.08 bits per heavy atom. The van der Waals surface area contributed by atoms with E-state index in [1.807, 2.05) is 12.1 Å². The lowest BCUT2D eigenvalue weighted by Gasteiger charge is -2.13. The normalized spacial score (nSPS) is 10.2. The number of anilines is 2. The Kier molecular flexibility index (Phi) is 4.98. The third kappa shape index (κ3) is 3.72. The van der Waals surface area contributed by atoms with Crippen LogP contribution in [0.1, 0.15) is 17.3 Å². The minimum atomic E-state index is -0.273. The fraction of sp³-hybridized carbons (Fsp3) is 0.105. The zero-order valence-corrected chi connectivity index (χ0v) is 14.4. The second-order valence-corrected chi connectivity index (χ2v) is 5.52. The molecule has 2 aromatic carbocycles. The first-order valence-corrected chi connectivity index (χ1v) is 7.94. The molecule has 132 valence electrons. The number of carbonyl (C=O) groups excluding carboxylic acids is 2. The van der Waals surface area contributed by atoms with Gasteiger partial charge < -0.3 is 15.4 Å². The number of para-hydroxylation sites is 1. The molecule has 0 atom stereocenters. The van der Waals surface area contributed by atoms with Crippen molar-refractivity contribution in [3.8, 4) is 11.4 Å². The van der Waals surface area contributed by atoms with E-state index >= 15 is 0 Å². The number of nitrogens with zero attached hydrogens (tertiary/aromatic N) is 2. The summed E-state index contributed by atoms with van der Waals surface area (Å²) >= 11 is 0. The van der Waals surface area contributed by atoms with E-state index in [0.29, 0.717) is 28.4 Å². The summed E-state index contributed by atoms with van der Waals surface area (Å²) in [6.07, 6.45) is 3.43. The molecule has 0 unspecified atom stereocenters. The van der Waals surface area contributed by atoms with E-state index in [2.05, 4.69) is 15.7 Å². The molecular weight excluding hydrogens is 332 g/mol. The van der Waals surface area contributed by atoms with E-state index < -0.39 is 0 Å². The van der Waals surface area contributed by atoms with Crippen molar-refractivity contribution in [3.05, 3.63) is 66.5 Å². The molecule has 0 saturated heterocycles. The highest BCUT2D eigenvalue weighted by molar-refractivity contribution is 6.07. The molecule has 0 aliphatic carbocycles. The summed E-state index contributed by atoms with van der Waals surface area (Å²) in [5.74, 6) is -0.0166. The Morgan fingerprint density at radius 2 is 1.88 bits per heavy atom. The Morgan fingerprint density at radius 3 is 2.58 bits per heavy atom. The number of carbonyl (C=O) groups is 2. The standard InChI is InChI=1S/C19H18N4O3/c1-13(24)21-16-9-8-14(12-18(16)26-2)22-19(25)15-6-3-4-7-17(15)23-11-5-10-20-23/h3-12H,1-2H3,(H,21,24)(H,22,25).